The number of carbonyl (C=O) groups excluding carboxylic acids is 1. The molecular weight excluding hydrogens is 375 g/mol. The largest absolute Gasteiger partial charge is 0.497 e. The van der Waals surface area contributed by atoms with Gasteiger partial charge < -0.3 is 20.1 Å². The van der Waals surface area contributed by atoms with Crippen LogP contribution in [0.1, 0.15) is 37.1 Å². The molecule has 0 aromatic heterocycles. The first-order valence-electron chi connectivity index (χ1n) is 8.09. The van der Waals surface area contributed by atoms with Crippen LogP contribution >= 0.6 is 23.2 Å². The molecule has 0 saturated carbocycles. The van der Waals surface area contributed by atoms with Gasteiger partial charge >= 0.3 is 6.03 Å². The number of methoxy groups -OCH3 is 2. The van der Waals surface area contributed by atoms with E-state index in [0.717, 1.165) is 11.1 Å². The van der Waals surface area contributed by atoms with Crippen molar-refractivity contribution in [3.63, 3.8) is 0 Å². The highest BCUT2D eigenvalue weighted by Crippen LogP contribution is 2.29. The molecule has 2 N–H and O–H groups in total. The van der Waals surface area contributed by atoms with Gasteiger partial charge in [-0.05, 0) is 49.7 Å². The van der Waals surface area contributed by atoms with Gasteiger partial charge in [-0.2, -0.15) is 0 Å². The number of rotatable bonds is 6. The lowest BCUT2D eigenvalue weighted by molar-refractivity contribution is 0.234. The number of benzene rings is 2. The molecule has 0 saturated heterocycles. The topological polar surface area (TPSA) is 59.6 Å². The minimum Gasteiger partial charge on any atom is -0.497 e. The number of urea groups is 1. The van der Waals surface area contributed by atoms with E-state index in [9.17, 15) is 4.79 Å². The van der Waals surface area contributed by atoms with E-state index in [4.69, 9.17) is 32.7 Å². The Morgan fingerprint density at radius 1 is 0.923 bits per heavy atom. The summed E-state index contributed by atoms with van der Waals surface area (Å²) in [6.07, 6.45) is 0. The molecule has 2 unspecified atom stereocenters. The second-order valence-electron chi connectivity index (χ2n) is 5.83. The molecule has 0 radical (unpaired) electrons. The van der Waals surface area contributed by atoms with Crippen LogP contribution in [0.4, 0.5) is 4.79 Å². The zero-order valence-corrected chi connectivity index (χ0v) is 16.6. The van der Waals surface area contributed by atoms with Crippen LogP contribution in [0.5, 0.6) is 11.5 Å². The lowest BCUT2D eigenvalue weighted by atomic mass is 10.1. The Morgan fingerprint density at radius 3 is 2.15 bits per heavy atom. The molecule has 7 heteroatoms. The molecule has 5 nitrogen and oxygen atoms in total. The molecule has 0 spiro atoms. The Bertz CT molecular complexity index is 783. The fourth-order valence-electron chi connectivity index (χ4n) is 2.62. The number of carbonyl (C=O) groups is 1. The van der Waals surface area contributed by atoms with Crippen molar-refractivity contribution in [2.45, 2.75) is 25.9 Å². The Morgan fingerprint density at radius 2 is 1.58 bits per heavy atom. The Hall–Kier alpha value is -2.11. The lowest BCUT2D eigenvalue weighted by Gasteiger charge is -2.21. The van der Waals surface area contributed by atoms with Crippen molar-refractivity contribution in [3.05, 3.63) is 57.6 Å². The normalized spacial score (nSPS) is 12.8. The Balaban J connectivity index is 2.07. The second kappa shape index (κ2) is 9.01. The van der Waals surface area contributed by atoms with E-state index in [1.54, 1.807) is 44.6 Å². The summed E-state index contributed by atoms with van der Waals surface area (Å²) in [5.41, 5.74) is 1.61. The summed E-state index contributed by atoms with van der Waals surface area (Å²) >= 11 is 12.1. The molecular formula is C19H22Cl2N2O3. The predicted molar refractivity (Wildman–Crippen MR) is 105 cm³/mol. The van der Waals surface area contributed by atoms with Crippen molar-refractivity contribution in [1.82, 2.24) is 10.6 Å². The number of ether oxygens (including phenoxy) is 2. The third-order valence-corrected chi connectivity index (χ3v) is 4.59. The molecule has 0 bridgehead atoms. The number of hydrogen-bond acceptors (Lipinski definition) is 3. The molecule has 26 heavy (non-hydrogen) atoms. The highest BCUT2D eigenvalue weighted by atomic mass is 35.5. The molecule has 0 fully saturated rings. The molecule has 0 aliphatic heterocycles. The molecule has 2 amide bonds. The molecule has 2 aromatic rings. The van der Waals surface area contributed by atoms with Crippen LogP contribution < -0.4 is 20.1 Å². The van der Waals surface area contributed by atoms with Gasteiger partial charge in [0.1, 0.15) is 11.5 Å². The molecule has 0 heterocycles. The predicted octanol–water partition coefficient (Wildman–Crippen LogP) is 5.13. The van der Waals surface area contributed by atoms with Crippen molar-refractivity contribution < 1.29 is 14.3 Å². The number of amides is 2. The average molecular weight is 397 g/mol. The average Bonchev–Trinajstić information content (AvgIpc) is 2.60. The lowest BCUT2D eigenvalue weighted by Crippen LogP contribution is -2.38. The SMILES string of the molecule is COc1ccc(OC)c(C(C)NC(=O)NC(C)c2ccc(Cl)cc2Cl)c1. The third-order valence-electron chi connectivity index (χ3n) is 4.03. The first-order chi connectivity index (χ1) is 12.3. The molecule has 2 aromatic carbocycles. The smallest absolute Gasteiger partial charge is 0.315 e. The van der Waals surface area contributed by atoms with Gasteiger partial charge in [0.05, 0.1) is 26.3 Å². The van der Waals surface area contributed by atoms with Gasteiger partial charge in [0, 0.05) is 15.6 Å². The third kappa shape index (κ3) is 4.96. The highest BCUT2D eigenvalue weighted by Gasteiger charge is 2.18. The molecule has 2 atom stereocenters. The van der Waals surface area contributed by atoms with Crippen LogP contribution in [0, 0.1) is 0 Å². The highest BCUT2D eigenvalue weighted by molar-refractivity contribution is 6.35. The first-order valence-corrected chi connectivity index (χ1v) is 8.85. The van der Waals surface area contributed by atoms with Gasteiger partial charge in [-0.15, -0.1) is 0 Å². The Kier molecular flexibility index (Phi) is 7.00. The summed E-state index contributed by atoms with van der Waals surface area (Å²) in [4.78, 5) is 12.4. The minimum absolute atomic E-state index is 0.279. The van der Waals surface area contributed by atoms with E-state index in [2.05, 4.69) is 10.6 Å². The quantitative estimate of drug-likeness (QED) is 0.710. The fourth-order valence-corrected chi connectivity index (χ4v) is 3.19. The van der Waals surface area contributed by atoms with E-state index in [1.165, 1.54) is 0 Å². The van der Waals surface area contributed by atoms with Crippen molar-refractivity contribution >= 4 is 29.2 Å². The van der Waals surface area contributed by atoms with Crippen molar-refractivity contribution in [2.75, 3.05) is 14.2 Å². The summed E-state index contributed by atoms with van der Waals surface area (Å²) < 4.78 is 10.6. The van der Waals surface area contributed by atoms with E-state index in [-0.39, 0.29) is 18.1 Å². The maximum atomic E-state index is 12.4. The summed E-state index contributed by atoms with van der Waals surface area (Å²) in [5, 5.41) is 6.83. The standard InChI is InChI=1S/C19H22Cl2N2O3/c1-11(15-7-5-13(20)9-17(15)21)22-19(24)23-12(2)16-10-14(25-3)6-8-18(16)26-4/h5-12H,1-4H3,(H2,22,23,24). The Labute approximate surface area is 163 Å². The summed E-state index contributed by atoms with van der Waals surface area (Å²) in [6, 6.07) is 9.75. The zero-order valence-electron chi connectivity index (χ0n) is 15.1. The van der Waals surface area contributed by atoms with E-state index >= 15 is 0 Å². The summed E-state index contributed by atoms with van der Waals surface area (Å²) in [5.74, 6) is 1.36. The monoisotopic (exact) mass is 396 g/mol. The minimum atomic E-state index is -0.319. The van der Waals surface area contributed by atoms with Gasteiger partial charge in [-0.1, -0.05) is 29.3 Å². The zero-order chi connectivity index (χ0) is 19.3. The maximum Gasteiger partial charge on any atom is 0.315 e. The second-order valence-corrected chi connectivity index (χ2v) is 6.68. The molecule has 0 aliphatic rings. The number of halogens is 2. The van der Waals surface area contributed by atoms with Gasteiger partial charge in [0.25, 0.3) is 0 Å². The van der Waals surface area contributed by atoms with Crippen LogP contribution in [-0.4, -0.2) is 20.3 Å². The maximum absolute atomic E-state index is 12.4. The van der Waals surface area contributed by atoms with Gasteiger partial charge in [0.2, 0.25) is 0 Å². The summed E-state index contributed by atoms with van der Waals surface area (Å²) in [6.45, 7) is 3.72. The van der Waals surface area contributed by atoms with Gasteiger partial charge in [0.15, 0.2) is 0 Å². The van der Waals surface area contributed by atoms with Crippen LogP contribution in [-0.2, 0) is 0 Å². The van der Waals surface area contributed by atoms with E-state index in [0.29, 0.717) is 21.5 Å². The fraction of sp³-hybridized carbons (Fsp3) is 0.316. The van der Waals surface area contributed by atoms with Crippen LogP contribution in [0.15, 0.2) is 36.4 Å². The molecule has 2 rings (SSSR count). The first kappa shape index (κ1) is 20.2. The van der Waals surface area contributed by atoms with Crippen molar-refractivity contribution in [3.8, 4) is 11.5 Å². The summed E-state index contributed by atoms with van der Waals surface area (Å²) in [7, 11) is 3.18. The number of hydrogen-bond donors (Lipinski definition) is 2. The van der Waals surface area contributed by atoms with E-state index < -0.39 is 0 Å². The van der Waals surface area contributed by atoms with Gasteiger partial charge in [-0.3, -0.25) is 0 Å². The molecule has 140 valence electrons. The van der Waals surface area contributed by atoms with Crippen LogP contribution in [0.3, 0.4) is 0 Å². The van der Waals surface area contributed by atoms with Crippen molar-refractivity contribution in [2.24, 2.45) is 0 Å². The van der Waals surface area contributed by atoms with Crippen LogP contribution in [0.2, 0.25) is 10.0 Å². The number of nitrogens with one attached hydrogen (secondary N) is 2. The van der Waals surface area contributed by atoms with Crippen LogP contribution in [0.25, 0.3) is 0 Å². The molecule has 0 aliphatic carbocycles. The van der Waals surface area contributed by atoms with Gasteiger partial charge in [-0.25, -0.2) is 4.79 Å². The van der Waals surface area contributed by atoms with E-state index in [1.807, 2.05) is 19.9 Å². The van der Waals surface area contributed by atoms with Crippen molar-refractivity contribution in [1.29, 1.82) is 0 Å².